The van der Waals surface area contributed by atoms with Crippen molar-refractivity contribution in [1.82, 2.24) is 0 Å². The van der Waals surface area contributed by atoms with Crippen molar-refractivity contribution in [3.8, 4) is 0 Å². The van der Waals surface area contributed by atoms with Crippen LogP contribution in [0, 0.1) is 5.92 Å². The molecule has 0 bridgehead atoms. The largest absolute Gasteiger partial charge is 0.330 e. The normalized spacial score (nSPS) is 13.9. The van der Waals surface area contributed by atoms with Crippen LogP contribution in [0.1, 0.15) is 32.1 Å². The van der Waals surface area contributed by atoms with E-state index in [1.807, 2.05) is 0 Å². The molecule has 0 saturated carbocycles. The van der Waals surface area contributed by atoms with Crippen molar-refractivity contribution in [3.63, 3.8) is 0 Å². The van der Waals surface area contributed by atoms with Crippen LogP contribution in [-0.2, 0) is 4.79 Å². The number of Topliss-reactive ketones (excluding diaryl/α,β-unsaturated/α-hetero) is 1. The molecular formula is C11H25ClN2OS2. The van der Waals surface area contributed by atoms with Crippen molar-refractivity contribution < 1.29 is 4.79 Å². The van der Waals surface area contributed by atoms with Gasteiger partial charge >= 0.3 is 0 Å². The number of halogens is 1. The third-order valence-electron chi connectivity index (χ3n) is 2.67. The van der Waals surface area contributed by atoms with Crippen molar-refractivity contribution in [2.24, 2.45) is 17.4 Å². The van der Waals surface area contributed by atoms with E-state index in [1.54, 1.807) is 0 Å². The van der Waals surface area contributed by atoms with Gasteiger partial charge in [0.25, 0.3) is 0 Å². The molecule has 3 nitrogen and oxygen atoms in total. The number of rotatable bonds is 10. The van der Waals surface area contributed by atoms with Crippen LogP contribution in [0.15, 0.2) is 0 Å². The van der Waals surface area contributed by atoms with Gasteiger partial charge in [0.1, 0.15) is 0 Å². The Balaban J connectivity index is 0. The third-order valence-corrected chi connectivity index (χ3v) is 3.43. The molecule has 0 spiro atoms. The predicted molar refractivity (Wildman–Crippen MR) is 83.6 cm³/mol. The minimum absolute atomic E-state index is 0. The lowest BCUT2D eigenvalue weighted by molar-refractivity contribution is -0.123. The van der Waals surface area contributed by atoms with Gasteiger partial charge in [-0.1, -0.05) is 6.42 Å². The zero-order valence-corrected chi connectivity index (χ0v) is 12.8. The summed E-state index contributed by atoms with van der Waals surface area (Å²) in [6.07, 6.45) is 4.38. The summed E-state index contributed by atoms with van der Waals surface area (Å²) in [6.45, 7) is 0.663. The second kappa shape index (κ2) is 13.0. The molecule has 0 aliphatic heterocycles. The van der Waals surface area contributed by atoms with Crippen molar-refractivity contribution in [2.45, 2.75) is 38.1 Å². The Morgan fingerprint density at radius 2 is 1.76 bits per heavy atom. The summed E-state index contributed by atoms with van der Waals surface area (Å²) in [5.74, 6) is 1.52. The molecule has 0 aromatic rings. The van der Waals surface area contributed by atoms with E-state index in [-0.39, 0.29) is 30.2 Å². The maximum absolute atomic E-state index is 11.9. The summed E-state index contributed by atoms with van der Waals surface area (Å²) in [5.41, 5.74) is 11.3. The van der Waals surface area contributed by atoms with Crippen LogP contribution in [0.2, 0.25) is 0 Å². The summed E-state index contributed by atoms with van der Waals surface area (Å²) in [5, 5.41) is 0. The first-order valence-electron chi connectivity index (χ1n) is 5.88. The average molecular weight is 301 g/mol. The first kappa shape index (κ1) is 19.9. The molecule has 0 heterocycles. The summed E-state index contributed by atoms with van der Waals surface area (Å²) >= 11 is 8.35. The topological polar surface area (TPSA) is 69.1 Å². The average Bonchev–Trinajstić information content (AvgIpc) is 2.30. The molecule has 0 aliphatic rings. The van der Waals surface area contributed by atoms with E-state index in [1.165, 1.54) is 0 Å². The zero-order valence-electron chi connectivity index (χ0n) is 10.2. The molecule has 0 rings (SSSR count). The fourth-order valence-electron chi connectivity index (χ4n) is 1.61. The van der Waals surface area contributed by atoms with Crippen LogP contribution in [0.3, 0.4) is 0 Å². The molecule has 4 N–H and O–H groups in total. The maximum Gasteiger partial charge on any atom is 0.153 e. The molecule has 0 radical (unpaired) electrons. The van der Waals surface area contributed by atoms with Gasteiger partial charge in [-0.3, -0.25) is 4.79 Å². The molecule has 0 fully saturated rings. The second-order valence-electron chi connectivity index (χ2n) is 4.04. The SMILES string of the molecule is Cl.NCCCCC(N)C(=O)C(CS)CCCS. The Morgan fingerprint density at radius 3 is 2.24 bits per heavy atom. The lowest BCUT2D eigenvalue weighted by Crippen LogP contribution is -2.36. The predicted octanol–water partition coefficient (Wildman–Crippen LogP) is 1.69. The molecule has 2 atom stereocenters. The van der Waals surface area contributed by atoms with Crippen LogP contribution in [0.25, 0.3) is 0 Å². The highest BCUT2D eigenvalue weighted by Gasteiger charge is 2.22. The highest BCUT2D eigenvalue weighted by Crippen LogP contribution is 2.14. The highest BCUT2D eigenvalue weighted by molar-refractivity contribution is 7.80. The van der Waals surface area contributed by atoms with Gasteiger partial charge in [-0.05, 0) is 38.0 Å². The molecule has 0 aliphatic carbocycles. The molecule has 0 aromatic heterocycles. The number of carbonyl (C=O) groups is 1. The number of hydrogen-bond acceptors (Lipinski definition) is 5. The molecule has 0 saturated heterocycles. The first-order valence-corrected chi connectivity index (χ1v) is 7.15. The molecule has 0 amide bonds. The van der Waals surface area contributed by atoms with Gasteiger partial charge in [-0.25, -0.2) is 0 Å². The van der Waals surface area contributed by atoms with Gasteiger partial charge in [0.2, 0.25) is 0 Å². The van der Waals surface area contributed by atoms with E-state index >= 15 is 0 Å². The maximum atomic E-state index is 11.9. The Bertz CT molecular complexity index is 196. The van der Waals surface area contributed by atoms with Gasteiger partial charge in [0, 0.05) is 11.7 Å². The Kier molecular flexibility index (Phi) is 15.3. The number of unbranched alkanes of at least 4 members (excludes halogenated alkanes) is 1. The zero-order chi connectivity index (χ0) is 12.4. The van der Waals surface area contributed by atoms with Gasteiger partial charge in [0.15, 0.2) is 5.78 Å². The smallest absolute Gasteiger partial charge is 0.153 e. The molecule has 17 heavy (non-hydrogen) atoms. The van der Waals surface area contributed by atoms with E-state index in [2.05, 4.69) is 25.3 Å². The lowest BCUT2D eigenvalue weighted by Gasteiger charge is -2.17. The van der Waals surface area contributed by atoms with E-state index in [4.69, 9.17) is 11.5 Å². The van der Waals surface area contributed by atoms with Crippen LogP contribution < -0.4 is 11.5 Å². The second-order valence-corrected chi connectivity index (χ2v) is 4.85. The highest BCUT2D eigenvalue weighted by atomic mass is 35.5. The number of hydrogen-bond donors (Lipinski definition) is 4. The summed E-state index contributed by atoms with van der Waals surface area (Å²) < 4.78 is 0. The van der Waals surface area contributed by atoms with Crippen LogP contribution >= 0.6 is 37.7 Å². The molecule has 6 heteroatoms. The van der Waals surface area contributed by atoms with E-state index in [0.717, 1.165) is 37.9 Å². The fourth-order valence-corrected chi connectivity index (χ4v) is 2.16. The van der Waals surface area contributed by atoms with E-state index in [0.29, 0.717) is 12.3 Å². The Labute approximate surface area is 122 Å². The fraction of sp³-hybridized carbons (Fsp3) is 0.909. The lowest BCUT2D eigenvalue weighted by atomic mass is 9.93. The summed E-state index contributed by atoms with van der Waals surface area (Å²) in [6, 6.07) is -0.344. The number of carbonyl (C=O) groups excluding carboxylic acids is 1. The van der Waals surface area contributed by atoms with Crippen LogP contribution in [0.5, 0.6) is 0 Å². The van der Waals surface area contributed by atoms with Gasteiger partial charge in [-0.2, -0.15) is 25.3 Å². The van der Waals surface area contributed by atoms with Gasteiger partial charge < -0.3 is 11.5 Å². The molecular weight excluding hydrogens is 276 g/mol. The van der Waals surface area contributed by atoms with E-state index < -0.39 is 0 Å². The van der Waals surface area contributed by atoms with Crippen molar-refractivity contribution in [2.75, 3.05) is 18.1 Å². The molecule has 2 unspecified atom stereocenters. The number of nitrogens with two attached hydrogens (primary N) is 2. The minimum atomic E-state index is -0.344. The van der Waals surface area contributed by atoms with Crippen molar-refractivity contribution >= 4 is 43.4 Å². The third kappa shape index (κ3) is 9.19. The van der Waals surface area contributed by atoms with E-state index in [9.17, 15) is 4.79 Å². The molecule has 0 aromatic carbocycles. The number of thiol groups is 2. The Morgan fingerprint density at radius 1 is 1.12 bits per heavy atom. The first-order chi connectivity index (χ1) is 7.67. The molecule has 104 valence electrons. The quantitative estimate of drug-likeness (QED) is 0.367. The summed E-state index contributed by atoms with van der Waals surface area (Å²) in [7, 11) is 0. The van der Waals surface area contributed by atoms with Crippen molar-refractivity contribution in [1.29, 1.82) is 0 Å². The van der Waals surface area contributed by atoms with Crippen LogP contribution in [0.4, 0.5) is 0 Å². The summed E-state index contributed by atoms with van der Waals surface area (Å²) in [4.78, 5) is 11.9. The van der Waals surface area contributed by atoms with Gasteiger partial charge in [0.05, 0.1) is 6.04 Å². The Hall–Kier alpha value is 0.580. The van der Waals surface area contributed by atoms with Gasteiger partial charge in [-0.15, -0.1) is 12.4 Å². The minimum Gasteiger partial charge on any atom is -0.330 e. The monoisotopic (exact) mass is 300 g/mol. The number of ketones is 1. The van der Waals surface area contributed by atoms with Crippen LogP contribution in [-0.4, -0.2) is 29.9 Å². The van der Waals surface area contributed by atoms with Crippen molar-refractivity contribution in [3.05, 3.63) is 0 Å². The standard InChI is InChI=1S/C11H24N2OS2.ClH/c12-6-2-1-5-10(13)11(14)9(8-16)4-3-7-15;/h9-10,15-16H,1-8,12-13H2;1H.